The average Bonchev–Trinajstić information content (AvgIpc) is 2.55. The lowest BCUT2D eigenvalue weighted by Gasteiger charge is -2.06. The number of carbonyl (C=O) groups excluding carboxylic acids is 1. The van der Waals surface area contributed by atoms with E-state index in [1.54, 1.807) is 24.3 Å². The summed E-state index contributed by atoms with van der Waals surface area (Å²) in [6, 6.07) is 9.70. The first kappa shape index (κ1) is 17.3. The highest BCUT2D eigenvalue weighted by Gasteiger charge is 2.08. The SMILES string of the molecule is O=C(O)C=Cc1ccc(NC(=O)CCc2cc(F)ccc2F)cc1. The number of carboxylic acids is 1. The van der Waals surface area contributed by atoms with Gasteiger partial charge in [0, 0.05) is 18.2 Å². The summed E-state index contributed by atoms with van der Waals surface area (Å²) in [4.78, 5) is 22.3. The maximum Gasteiger partial charge on any atom is 0.328 e. The maximum absolute atomic E-state index is 13.5. The first-order chi connectivity index (χ1) is 11.4. The summed E-state index contributed by atoms with van der Waals surface area (Å²) in [5.74, 6) is -2.46. The predicted molar refractivity (Wildman–Crippen MR) is 86.4 cm³/mol. The Balaban J connectivity index is 1.90. The molecule has 0 fully saturated rings. The van der Waals surface area contributed by atoms with Crippen LogP contribution in [-0.4, -0.2) is 17.0 Å². The van der Waals surface area contributed by atoms with Gasteiger partial charge in [0.05, 0.1) is 0 Å². The number of aryl methyl sites for hydroxylation is 1. The van der Waals surface area contributed by atoms with Gasteiger partial charge < -0.3 is 10.4 Å². The Morgan fingerprint density at radius 1 is 1.08 bits per heavy atom. The van der Waals surface area contributed by atoms with Gasteiger partial charge in [-0.3, -0.25) is 4.79 Å². The fourth-order valence-electron chi connectivity index (χ4n) is 2.05. The number of benzene rings is 2. The van der Waals surface area contributed by atoms with Gasteiger partial charge in [0.1, 0.15) is 11.6 Å². The zero-order chi connectivity index (χ0) is 17.5. The maximum atomic E-state index is 13.5. The smallest absolute Gasteiger partial charge is 0.328 e. The number of carboxylic acid groups (broad SMARTS) is 1. The highest BCUT2D eigenvalue weighted by molar-refractivity contribution is 5.91. The minimum absolute atomic E-state index is 0.0149. The van der Waals surface area contributed by atoms with Crippen LogP contribution in [0.15, 0.2) is 48.5 Å². The highest BCUT2D eigenvalue weighted by Crippen LogP contribution is 2.14. The summed E-state index contributed by atoms with van der Waals surface area (Å²) in [5.41, 5.74) is 1.36. The lowest BCUT2D eigenvalue weighted by atomic mass is 10.1. The topological polar surface area (TPSA) is 66.4 Å². The molecule has 24 heavy (non-hydrogen) atoms. The minimum atomic E-state index is -1.04. The Morgan fingerprint density at radius 2 is 1.79 bits per heavy atom. The number of hydrogen-bond acceptors (Lipinski definition) is 2. The third-order valence-electron chi connectivity index (χ3n) is 3.24. The molecule has 0 aliphatic heterocycles. The summed E-state index contributed by atoms with van der Waals surface area (Å²) in [7, 11) is 0. The van der Waals surface area contributed by atoms with Crippen LogP contribution in [0.1, 0.15) is 17.5 Å². The van der Waals surface area contributed by atoms with Gasteiger partial charge in [-0.1, -0.05) is 12.1 Å². The quantitative estimate of drug-likeness (QED) is 0.794. The fourth-order valence-corrected chi connectivity index (χ4v) is 2.05. The molecule has 0 radical (unpaired) electrons. The van der Waals surface area contributed by atoms with Crippen molar-refractivity contribution in [3.63, 3.8) is 0 Å². The molecule has 0 saturated heterocycles. The summed E-state index contributed by atoms with van der Waals surface area (Å²) in [6.45, 7) is 0. The van der Waals surface area contributed by atoms with Crippen LogP contribution in [0.25, 0.3) is 6.08 Å². The van der Waals surface area contributed by atoms with Crippen molar-refractivity contribution in [3.05, 3.63) is 71.3 Å². The van der Waals surface area contributed by atoms with E-state index in [-0.39, 0.29) is 24.3 Å². The molecule has 2 rings (SSSR count). The number of carbonyl (C=O) groups is 2. The van der Waals surface area contributed by atoms with Crippen molar-refractivity contribution < 1.29 is 23.5 Å². The van der Waals surface area contributed by atoms with Crippen LogP contribution >= 0.6 is 0 Å². The number of hydrogen-bond donors (Lipinski definition) is 2. The molecule has 0 heterocycles. The molecule has 0 aliphatic rings. The minimum Gasteiger partial charge on any atom is -0.478 e. The Labute approximate surface area is 137 Å². The van der Waals surface area contributed by atoms with Crippen LogP contribution in [0, 0.1) is 11.6 Å². The summed E-state index contributed by atoms with van der Waals surface area (Å²) >= 11 is 0. The second kappa shape index (κ2) is 8.01. The van der Waals surface area contributed by atoms with Crippen molar-refractivity contribution in [2.24, 2.45) is 0 Å². The van der Waals surface area contributed by atoms with Gasteiger partial charge in [0.2, 0.25) is 5.91 Å². The third kappa shape index (κ3) is 5.31. The first-order valence-electron chi connectivity index (χ1n) is 7.19. The number of aliphatic carboxylic acids is 1. The standard InChI is InChI=1S/C18H15F2NO3/c19-14-5-8-16(20)13(11-14)4-9-17(22)21-15-6-1-12(2-7-15)3-10-18(23)24/h1-3,5-8,10-11H,4,9H2,(H,21,22)(H,23,24). The largest absolute Gasteiger partial charge is 0.478 e. The van der Waals surface area contributed by atoms with E-state index in [9.17, 15) is 18.4 Å². The zero-order valence-electron chi connectivity index (χ0n) is 12.6. The number of anilines is 1. The van der Waals surface area contributed by atoms with Gasteiger partial charge in [-0.15, -0.1) is 0 Å². The summed E-state index contributed by atoms with van der Waals surface area (Å²) in [6.07, 6.45) is 2.55. The summed E-state index contributed by atoms with van der Waals surface area (Å²) in [5, 5.41) is 11.2. The van der Waals surface area contributed by atoms with Crippen LogP contribution < -0.4 is 5.32 Å². The van der Waals surface area contributed by atoms with Gasteiger partial charge >= 0.3 is 5.97 Å². The van der Waals surface area contributed by atoms with Crippen molar-refractivity contribution >= 4 is 23.6 Å². The van der Waals surface area contributed by atoms with Crippen molar-refractivity contribution in [1.29, 1.82) is 0 Å². The molecule has 0 saturated carbocycles. The molecular formula is C18H15F2NO3. The van der Waals surface area contributed by atoms with Gasteiger partial charge in [-0.25, -0.2) is 13.6 Å². The lowest BCUT2D eigenvalue weighted by molar-refractivity contribution is -0.131. The highest BCUT2D eigenvalue weighted by atomic mass is 19.1. The van der Waals surface area contributed by atoms with Crippen LogP contribution in [0.4, 0.5) is 14.5 Å². The second-order valence-electron chi connectivity index (χ2n) is 5.08. The van der Waals surface area contributed by atoms with Crippen molar-refractivity contribution in [2.75, 3.05) is 5.32 Å². The molecule has 4 nitrogen and oxygen atoms in total. The average molecular weight is 331 g/mol. The van der Waals surface area contributed by atoms with E-state index in [1.807, 2.05) is 0 Å². The van der Waals surface area contributed by atoms with E-state index in [4.69, 9.17) is 5.11 Å². The molecule has 0 spiro atoms. The van der Waals surface area contributed by atoms with Crippen LogP contribution in [0.3, 0.4) is 0 Å². The Bertz CT molecular complexity index is 770. The zero-order valence-corrected chi connectivity index (χ0v) is 12.6. The van der Waals surface area contributed by atoms with E-state index in [0.29, 0.717) is 11.3 Å². The molecule has 6 heteroatoms. The number of amides is 1. The van der Waals surface area contributed by atoms with Crippen LogP contribution in [0.5, 0.6) is 0 Å². The van der Waals surface area contributed by atoms with Gasteiger partial charge in [-0.05, 0) is 54.0 Å². The van der Waals surface area contributed by atoms with E-state index in [0.717, 1.165) is 24.3 Å². The molecule has 2 aromatic carbocycles. The molecule has 2 aromatic rings. The molecule has 0 aliphatic carbocycles. The lowest BCUT2D eigenvalue weighted by Crippen LogP contribution is -2.12. The van der Waals surface area contributed by atoms with E-state index in [1.165, 1.54) is 6.08 Å². The molecule has 0 bridgehead atoms. The van der Waals surface area contributed by atoms with Crippen molar-refractivity contribution in [1.82, 2.24) is 0 Å². The molecule has 2 N–H and O–H groups in total. The molecule has 1 amide bonds. The molecular weight excluding hydrogens is 316 g/mol. The molecule has 0 unspecified atom stereocenters. The fraction of sp³-hybridized carbons (Fsp3) is 0.111. The Kier molecular flexibility index (Phi) is 5.78. The van der Waals surface area contributed by atoms with Crippen molar-refractivity contribution in [3.8, 4) is 0 Å². The van der Waals surface area contributed by atoms with E-state index >= 15 is 0 Å². The van der Waals surface area contributed by atoms with Crippen LogP contribution in [-0.2, 0) is 16.0 Å². The number of nitrogens with one attached hydrogen (secondary N) is 1. The monoisotopic (exact) mass is 331 g/mol. The number of halogens is 2. The third-order valence-corrected chi connectivity index (χ3v) is 3.24. The van der Waals surface area contributed by atoms with E-state index in [2.05, 4.69) is 5.32 Å². The van der Waals surface area contributed by atoms with Crippen LogP contribution in [0.2, 0.25) is 0 Å². The van der Waals surface area contributed by atoms with Gasteiger partial charge in [0.25, 0.3) is 0 Å². The van der Waals surface area contributed by atoms with E-state index < -0.39 is 17.6 Å². The van der Waals surface area contributed by atoms with Gasteiger partial charge in [-0.2, -0.15) is 0 Å². The normalized spacial score (nSPS) is 10.8. The summed E-state index contributed by atoms with van der Waals surface area (Å²) < 4.78 is 26.5. The molecule has 124 valence electrons. The predicted octanol–water partition coefficient (Wildman–Crippen LogP) is 3.63. The Morgan fingerprint density at radius 3 is 2.46 bits per heavy atom. The first-order valence-corrected chi connectivity index (χ1v) is 7.19. The Hall–Kier alpha value is -3.02. The van der Waals surface area contributed by atoms with Crippen molar-refractivity contribution in [2.45, 2.75) is 12.8 Å². The second-order valence-corrected chi connectivity index (χ2v) is 5.08. The molecule has 0 aromatic heterocycles. The molecule has 0 atom stereocenters. The number of rotatable bonds is 6. The van der Waals surface area contributed by atoms with Gasteiger partial charge in [0.15, 0.2) is 0 Å².